The Morgan fingerprint density at radius 2 is 1.90 bits per heavy atom. The van der Waals surface area contributed by atoms with E-state index in [4.69, 9.17) is 4.74 Å². The second-order valence-electron chi connectivity index (χ2n) is 14.0. The number of aliphatic carboxylic acids is 1. The maximum absolute atomic E-state index is 15.7. The van der Waals surface area contributed by atoms with Gasteiger partial charge in [-0.2, -0.15) is 0 Å². The van der Waals surface area contributed by atoms with Gasteiger partial charge in [-0.1, -0.05) is 43.3 Å². The van der Waals surface area contributed by atoms with Gasteiger partial charge in [-0.15, -0.1) is 5.10 Å². The van der Waals surface area contributed by atoms with Gasteiger partial charge in [0, 0.05) is 58.7 Å². The number of aromatic nitrogens is 6. The molecule has 0 spiro atoms. The highest BCUT2D eigenvalue weighted by molar-refractivity contribution is 5.85. The zero-order valence-corrected chi connectivity index (χ0v) is 27.7. The molecule has 0 saturated heterocycles. The van der Waals surface area contributed by atoms with Crippen LogP contribution in [0.1, 0.15) is 74.5 Å². The van der Waals surface area contributed by atoms with Gasteiger partial charge >= 0.3 is 5.97 Å². The van der Waals surface area contributed by atoms with Crippen LogP contribution in [0.15, 0.2) is 73.2 Å². The molecular formula is C38H38F2N6O3. The van der Waals surface area contributed by atoms with Gasteiger partial charge < -0.3 is 19.8 Å². The molecule has 3 N–H and O–H groups in total. The highest BCUT2D eigenvalue weighted by Gasteiger charge is 2.34. The van der Waals surface area contributed by atoms with Crippen LogP contribution >= 0.6 is 0 Å². The second kappa shape index (κ2) is 12.6. The molecule has 49 heavy (non-hydrogen) atoms. The van der Waals surface area contributed by atoms with Crippen molar-refractivity contribution in [2.24, 2.45) is 5.41 Å². The molecule has 3 aromatic carbocycles. The van der Waals surface area contributed by atoms with E-state index in [1.807, 2.05) is 30.5 Å². The van der Waals surface area contributed by atoms with E-state index < -0.39 is 23.0 Å². The molecule has 9 nitrogen and oxygen atoms in total. The third-order valence-electron chi connectivity index (χ3n) is 9.91. The largest absolute Gasteiger partial charge is 0.481 e. The van der Waals surface area contributed by atoms with Crippen molar-refractivity contribution in [2.75, 3.05) is 0 Å². The van der Waals surface area contributed by atoms with Crippen molar-refractivity contribution >= 4 is 16.9 Å². The highest BCUT2D eigenvalue weighted by Crippen LogP contribution is 2.42. The minimum atomic E-state index is -0.847. The predicted octanol–water partition coefficient (Wildman–Crippen LogP) is 8.34. The van der Waals surface area contributed by atoms with E-state index in [2.05, 4.69) is 52.1 Å². The highest BCUT2D eigenvalue weighted by atomic mass is 19.1. The summed E-state index contributed by atoms with van der Waals surface area (Å²) < 4.78 is 39.1. The lowest BCUT2D eigenvalue weighted by Crippen LogP contribution is -2.27. The molecule has 1 aliphatic heterocycles. The molecule has 0 aliphatic carbocycles. The summed E-state index contributed by atoms with van der Waals surface area (Å²) in [4.78, 5) is 22.5. The number of hydrogen-bond donors (Lipinski definition) is 3. The van der Waals surface area contributed by atoms with Crippen LogP contribution in [0.2, 0.25) is 0 Å². The first-order valence-electron chi connectivity index (χ1n) is 16.5. The normalized spacial score (nSPS) is 17.8. The number of halogens is 2. The van der Waals surface area contributed by atoms with Crippen LogP contribution in [0.5, 0.6) is 11.5 Å². The van der Waals surface area contributed by atoms with Crippen LogP contribution in [0.3, 0.4) is 0 Å². The molecular weight excluding hydrogens is 626 g/mol. The lowest BCUT2D eigenvalue weighted by molar-refractivity contribution is -0.136. The average molecular weight is 665 g/mol. The van der Waals surface area contributed by atoms with Crippen molar-refractivity contribution in [3.63, 3.8) is 0 Å². The number of hydrogen-bond acceptors (Lipinski definition) is 5. The van der Waals surface area contributed by atoms with Crippen LogP contribution in [0.25, 0.3) is 22.3 Å². The van der Waals surface area contributed by atoms with E-state index in [-0.39, 0.29) is 35.4 Å². The Balaban J connectivity index is 1.35. The monoisotopic (exact) mass is 664 g/mol. The molecule has 0 saturated carbocycles. The first kappa shape index (κ1) is 32.2. The summed E-state index contributed by atoms with van der Waals surface area (Å²) in [6.07, 6.45) is 8.98. The van der Waals surface area contributed by atoms with Crippen molar-refractivity contribution in [2.45, 2.75) is 71.3 Å². The molecule has 0 amide bonds. The molecule has 0 fully saturated rings. The first-order chi connectivity index (χ1) is 23.5. The lowest BCUT2D eigenvalue weighted by Gasteiger charge is -2.34. The summed E-state index contributed by atoms with van der Waals surface area (Å²) in [6, 6.07) is 15.6. The standard InChI is InChI=1S/C38H38F2N6O3/c1-37(2)13-11-25-21-46(45-44-25)22-29-27-12-16-41-32(27)19-31(40)35(29)49-26-8-9-30(39)28(18-26)36-42-20-33(43-36)38(3,15-14-37)24-6-4-5-23(17-24)7-10-34(47)48/h4-6,8-9,12,16-21,41H,7,10-11,13-15,22H2,1-3H3,(H,42,43)(H,47,48). The van der Waals surface area contributed by atoms with Gasteiger partial charge in [0.25, 0.3) is 0 Å². The van der Waals surface area contributed by atoms with Gasteiger partial charge in [0.05, 0.1) is 17.8 Å². The third-order valence-corrected chi connectivity index (χ3v) is 9.91. The predicted molar refractivity (Wildman–Crippen MR) is 182 cm³/mol. The number of aryl methyl sites for hydroxylation is 2. The number of imidazole rings is 1. The molecule has 4 heterocycles. The zero-order valence-electron chi connectivity index (χ0n) is 27.7. The van der Waals surface area contributed by atoms with E-state index in [0.717, 1.165) is 47.2 Å². The van der Waals surface area contributed by atoms with Crippen molar-refractivity contribution in [3.05, 3.63) is 113 Å². The van der Waals surface area contributed by atoms with E-state index >= 15 is 8.78 Å². The number of fused-ring (bicyclic) bond motifs is 10. The fourth-order valence-corrected chi connectivity index (χ4v) is 6.72. The maximum Gasteiger partial charge on any atom is 0.303 e. The topological polar surface area (TPSA) is 122 Å². The Morgan fingerprint density at radius 1 is 1.04 bits per heavy atom. The summed E-state index contributed by atoms with van der Waals surface area (Å²) in [5.41, 5.74) is 4.32. The van der Waals surface area contributed by atoms with Crippen molar-refractivity contribution in [3.8, 4) is 22.9 Å². The summed E-state index contributed by atoms with van der Waals surface area (Å²) in [6.45, 7) is 6.84. The Kier molecular flexibility index (Phi) is 8.30. The molecule has 7 rings (SSSR count). The van der Waals surface area contributed by atoms with Crippen LogP contribution in [-0.4, -0.2) is 41.0 Å². The van der Waals surface area contributed by atoms with Crippen molar-refractivity contribution < 1.29 is 23.4 Å². The molecule has 1 atom stereocenters. The number of nitrogens with one attached hydrogen (secondary N) is 2. The fraction of sp³-hybridized carbons (Fsp3) is 0.316. The molecule has 3 aromatic heterocycles. The number of nitrogens with zero attached hydrogens (tertiary/aromatic N) is 4. The van der Waals surface area contributed by atoms with Gasteiger partial charge in [-0.25, -0.2) is 18.4 Å². The van der Waals surface area contributed by atoms with E-state index in [1.165, 1.54) is 24.3 Å². The fourth-order valence-electron chi connectivity index (χ4n) is 6.72. The summed E-state index contributed by atoms with van der Waals surface area (Å²) in [5.74, 6) is -1.32. The molecule has 6 aromatic rings. The molecule has 0 radical (unpaired) electrons. The van der Waals surface area contributed by atoms with Crippen molar-refractivity contribution in [1.82, 2.24) is 29.9 Å². The average Bonchev–Trinajstić information content (AvgIpc) is 3.86. The Labute approximate surface area is 282 Å². The Morgan fingerprint density at radius 3 is 2.73 bits per heavy atom. The third kappa shape index (κ3) is 6.57. The Hall–Kier alpha value is -5.32. The lowest BCUT2D eigenvalue weighted by atomic mass is 9.71. The quantitative estimate of drug-likeness (QED) is 0.174. The minimum Gasteiger partial charge on any atom is -0.481 e. The van der Waals surface area contributed by atoms with Crippen LogP contribution in [0, 0.1) is 17.0 Å². The van der Waals surface area contributed by atoms with Gasteiger partial charge in [-0.05, 0) is 79.8 Å². The second-order valence-corrected chi connectivity index (χ2v) is 14.0. The number of carboxylic acid groups (broad SMARTS) is 1. The summed E-state index contributed by atoms with van der Waals surface area (Å²) in [7, 11) is 0. The molecule has 6 bridgehead atoms. The molecule has 11 heteroatoms. The van der Waals surface area contributed by atoms with Gasteiger partial charge in [0.2, 0.25) is 0 Å². The van der Waals surface area contributed by atoms with Gasteiger partial charge in [0.15, 0.2) is 11.6 Å². The number of H-pyrrole nitrogens is 2. The van der Waals surface area contributed by atoms with E-state index in [0.29, 0.717) is 29.7 Å². The number of carboxylic acids is 1. The van der Waals surface area contributed by atoms with Gasteiger partial charge in [-0.3, -0.25) is 4.79 Å². The maximum atomic E-state index is 15.7. The van der Waals surface area contributed by atoms with Crippen LogP contribution < -0.4 is 4.74 Å². The number of rotatable bonds is 4. The minimum absolute atomic E-state index is 0.0243. The number of ether oxygens (including phenoxy) is 1. The zero-order chi connectivity index (χ0) is 34.3. The van der Waals surface area contributed by atoms with Crippen LogP contribution in [0.4, 0.5) is 8.78 Å². The van der Waals surface area contributed by atoms with E-state index in [1.54, 1.807) is 17.1 Å². The smallest absolute Gasteiger partial charge is 0.303 e. The number of carbonyl (C=O) groups is 1. The van der Waals surface area contributed by atoms with Crippen LogP contribution in [-0.2, 0) is 29.6 Å². The van der Waals surface area contributed by atoms with Crippen molar-refractivity contribution in [1.29, 1.82) is 0 Å². The molecule has 1 aliphatic rings. The summed E-state index contributed by atoms with van der Waals surface area (Å²) in [5, 5.41) is 18.9. The summed E-state index contributed by atoms with van der Waals surface area (Å²) >= 11 is 0. The SMILES string of the molecule is CC1(C)CCc2cn(nn2)Cc2c(c(F)cc3[nH]ccc23)Oc2ccc(F)c(c2)-c2ncc([nH]2)C(C)(c2cccc(CCC(=O)O)c2)CC1. The number of aromatic amines is 2. The molecule has 252 valence electrons. The number of benzene rings is 3. The van der Waals surface area contributed by atoms with E-state index in [9.17, 15) is 9.90 Å². The first-order valence-corrected chi connectivity index (χ1v) is 16.5. The molecule has 1 unspecified atom stereocenters. The Bertz CT molecular complexity index is 2170. The van der Waals surface area contributed by atoms with Gasteiger partial charge in [0.1, 0.15) is 17.4 Å².